The molecule has 0 aliphatic rings. The fourth-order valence-corrected chi connectivity index (χ4v) is 1.48. The topological polar surface area (TPSA) is 12.9 Å². The Morgan fingerprint density at radius 1 is 1.00 bits per heavy atom. The van der Waals surface area contributed by atoms with Gasteiger partial charge in [-0.2, -0.15) is 0 Å². The molecule has 1 aromatic carbocycles. The molecule has 68 valence electrons. The maximum Gasteiger partial charge on any atom is 0.0812 e. The van der Waals surface area contributed by atoms with Gasteiger partial charge >= 0.3 is 0 Å². The second kappa shape index (κ2) is 7.25. The summed E-state index contributed by atoms with van der Waals surface area (Å²) in [5.74, 6) is 0. The SMILES string of the molecule is C=C.C=C.c1ccc2scnc2c1. The minimum atomic E-state index is 1.10. The molecule has 0 fully saturated rings. The molecule has 2 aromatic rings. The second-order valence-corrected chi connectivity index (χ2v) is 2.71. The Bertz CT molecular complexity index is 308. The first kappa shape index (κ1) is 11.6. The van der Waals surface area contributed by atoms with Crippen LogP contribution in [0.25, 0.3) is 10.2 Å². The standard InChI is InChI=1S/C7H5NS.2C2H4/c1-2-4-7-6(3-1)8-5-9-7;2*1-2/h1-5H;2*1-2H2. The maximum absolute atomic E-state index is 4.14. The Kier molecular flexibility index (Phi) is 6.46. The Morgan fingerprint density at radius 2 is 1.62 bits per heavy atom. The van der Waals surface area contributed by atoms with Crippen molar-refractivity contribution in [3.63, 3.8) is 0 Å². The lowest BCUT2D eigenvalue weighted by atomic mass is 10.3. The number of thiazole rings is 1. The quantitative estimate of drug-likeness (QED) is 0.575. The van der Waals surface area contributed by atoms with Crippen molar-refractivity contribution in [2.24, 2.45) is 0 Å². The summed E-state index contributed by atoms with van der Waals surface area (Å²) in [6.07, 6.45) is 0. The van der Waals surface area contributed by atoms with Crippen LogP contribution in [0.2, 0.25) is 0 Å². The number of hydrogen-bond donors (Lipinski definition) is 0. The molecule has 0 spiro atoms. The molecule has 0 atom stereocenters. The smallest absolute Gasteiger partial charge is 0.0812 e. The Balaban J connectivity index is 0.000000322. The summed E-state index contributed by atoms with van der Waals surface area (Å²) in [7, 11) is 0. The summed E-state index contributed by atoms with van der Waals surface area (Å²) >= 11 is 1.68. The Labute approximate surface area is 83.1 Å². The number of nitrogens with zero attached hydrogens (tertiary/aromatic N) is 1. The van der Waals surface area contributed by atoms with Crippen LogP contribution in [0.15, 0.2) is 56.1 Å². The number of fused-ring (bicyclic) bond motifs is 1. The van der Waals surface area contributed by atoms with Gasteiger partial charge in [0.25, 0.3) is 0 Å². The summed E-state index contributed by atoms with van der Waals surface area (Å²) in [4.78, 5) is 4.14. The number of benzene rings is 1. The third-order valence-corrected chi connectivity index (χ3v) is 2.05. The van der Waals surface area contributed by atoms with Gasteiger partial charge < -0.3 is 0 Å². The molecule has 0 N–H and O–H groups in total. The van der Waals surface area contributed by atoms with E-state index in [0.717, 1.165) is 5.52 Å². The molecule has 2 heteroatoms. The van der Waals surface area contributed by atoms with Crippen LogP contribution in [-0.2, 0) is 0 Å². The summed E-state index contributed by atoms with van der Waals surface area (Å²) < 4.78 is 1.26. The van der Waals surface area contributed by atoms with Gasteiger partial charge in [-0.15, -0.1) is 37.7 Å². The molecule has 1 nitrogen and oxygen atoms in total. The first-order chi connectivity index (χ1) is 6.47. The number of para-hydroxylation sites is 1. The van der Waals surface area contributed by atoms with Gasteiger partial charge in [-0.25, -0.2) is 4.98 Å². The van der Waals surface area contributed by atoms with E-state index in [4.69, 9.17) is 0 Å². The predicted octanol–water partition coefficient (Wildman–Crippen LogP) is 3.90. The van der Waals surface area contributed by atoms with Gasteiger partial charge in [0, 0.05) is 0 Å². The third kappa shape index (κ3) is 3.22. The zero-order valence-electron chi connectivity index (χ0n) is 7.57. The molecule has 0 unspecified atom stereocenters. The van der Waals surface area contributed by atoms with Crippen molar-refractivity contribution in [2.75, 3.05) is 0 Å². The minimum Gasteiger partial charge on any atom is -0.245 e. The molecule has 0 bridgehead atoms. The van der Waals surface area contributed by atoms with E-state index in [1.165, 1.54) is 4.70 Å². The molecule has 0 aliphatic carbocycles. The lowest BCUT2D eigenvalue weighted by Gasteiger charge is -1.80. The molecule has 13 heavy (non-hydrogen) atoms. The zero-order chi connectivity index (χ0) is 10.1. The van der Waals surface area contributed by atoms with Crippen molar-refractivity contribution in [2.45, 2.75) is 0 Å². The highest BCUT2D eigenvalue weighted by Gasteiger charge is 1.89. The van der Waals surface area contributed by atoms with Gasteiger partial charge in [0.2, 0.25) is 0 Å². The van der Waals surface area contributed by atoms with Crippen LogP contribution in [0.1, 0.15) is 0 Å². The highest BCUT2D eigenvalue weighted by Crippen LogP contribution is 2.15. The van der Waals surface area contributed by atoms with E-state index in [0.29, 0.717) is 0 Å². The van der Waals surface area contributed by atoms with Crippen LogP contribution in [0, 0.1) is 0 Å². The predicted molar refractivity (Wildman–Crippen MR) is 62.1 cm³/mol. The first-order valence-electron chi connectivity index (χ1n) is 3.75. The van der Waals surface area contributed by atoms with Gasteiger partial charge in [0.15, 0.2) is 0 Å². The maximum atomic E-state index is 4.14. The van der Waals surface area contributed by atoms with Crippen LogP contribution in [-0.4, -0.2) is 4.98 Å². The van der Waals surface area contributed by atoms with E-state index >= 15 is 0 Å². The molecule has 2 rings (SSSR count). The van der Waals surface area contributed by atoms with Crippen molar-refractivity contribution in [3.05, 3.63) is 56.1 Å². The monoisotopic (exact) mass is 191 g/mol. The Hall–Kier alpha value is -1.41. The largest absolute Gasteiger partial charge is 0.245 e. The van der Waals surface area contributed by atoms with Crippen LogP contribution >= 0.6 is 11.3 Å². The lowest BCUT2D eigenvalue weighted by Crippen LogP contribution is -1.61. The van der Waals surface area contributed by atoms with E-state index in [1.54, 1.807) is 11.3 Å². The van der Waals surface area contributed by atoms with E-state index in [2.05, 4.69) is 37.4 Å². The van der Waals surface area contributed by atoms with Crippen molar-refractivity contribution in [1.29, 1.82) is 0 Å². The van der Waals surface area contributed by atoms with Gasteiger partial charge in [-0.3, -0.25) is 0 Å². The van der Waals surface area contributed by atoms with Crippen molar-refractivity contribution in [1.82, 2.24) is 4.98 Å². The van der Waals surface area contributed by atoms with Crippen LogP contribution < -0.4 is 0 Å². The molecule has 0 aliphatic heterocycles. The van der Waals surface area contributed by atoms with E-state index < -0.39 is 0 Å². The molecular formula is C11H13NS. The fourth-order valence-electron chi connectivity index (χ4n) is 0.803. The average Bonchev–Trinajstić information content (AvgIpc) is 2.71. The normalized spacial score (nSPS) is 7.69. The average molecular weight is 191 g/mol. The number of aromatic nitrogens is 1. The first-order valence-corrected chi connectivity index (χ1v) is 4.63. The van der Waals surface area contributed by atoms with E-state index in [1.807, 2.05) is 23.7 Å². The molecule has 0 amide bonds. The molecule has 0 saturated heterocycles. The molecule has 1 aromatic heterocycles. The lowest BCUT2D eigenvalue weighted by molar-refractivity contribution is 1.50. The van der Waals surface area contributed by atoms with Gasteiger partial charge in [-0.1, -0.05) is 12.1 Å². The second-order valence-electron chi connectivity index (χ2n) is 1.82. The van der Waals surface area contributed by atoms with Gasteiger partial charge in [0.1, 0.15) is 0 Å². The van der Waals surface area contributed by atoms with Crippen LogP contribution in [0.4, 0.5) is 0 Å². The molecule has 1 heterocycles. The summed E-state index contributed by atoms with van der Waals surface area (Å²) in [6, 6.07) is 8.13. The van der Waals surface area contributed by atoms with Crippen LogP contribution in [0.3, 0.4) is 0 Å². The fraction of sp³-hybridized carbons (Fsp3) is 0. The molecular weight excluding hydrogens is 178 g/mol. The van der Waals surface area contributed by atoms with E-state index in [9.17, 15) is 0 Å². The summed E-state index contributed by atoms with van der Waals surface area (Å²) in [5.41, 5.74) is 2.97. The van der Waals surface area contributed by atoms with Crippen molar-refractivity contribution >= 4 is 21.6 Å². The number of rotatable bonds is 0. The highest BCUT2D eigenvalue weighted by molar-refractivity contribution is 7.16. The molecule has 0 saturated carbocycles. The van der Waals surface area contributed by atoms with Crippen molar-refractivity contribution < 1.29 is 0 Å². The Morgan fingerprint density at radius 3 is 2.23 bits per heavy atom. The van der Waals surface area contributed by atoms with Gasteiger partial charge in [0.05, 0.1) is 15.7 Å². The molecule has 0 radical (unpaired) electrons. The van der Waals surface area contributed by atoms with Crippen LogP contribution in [0.5, 0.6) is 0 Å². The summed E-state index contributed by atoms with van der Waals surface area (Å²) in [6.45, 7) is 12.0. The third-order valence-electron chi connectivity index (χ3n) is 1.24. The minimum absolute atomic E-state index is 1.10. The van der Waals surface area contributed by atoms with Gasteiger partial charge in [-0.05, 0) is 12.1 Å². The zero-order valence-corrected chi connectivity index (χ0v) is 8.39. The summed E-state index contributed by atoms with van der Waals surface area (Å²) in [5, 5.41) is 0. The van der Waals surface area contributed by atoms with Crippen molar-refractivity contribution in [3.8, 4) is 0 Å². The highest BCUT2D eigenvalue weighted by atomic mass is 32.1. The van der Waals surface area contributed by atoms with E-state index in [-0.39, 0.29) is 0 Å². The number of hydrogen-bond acceptors (Lipinski definition) is 2.